The highest BCUT2D eigenvalue weighted by Crippen LogP contribution is 2.34. The molecule has 1 saturated heterocycles. The van der Waals surface area contributed by atoms with E-state index in [4.69, 9.17) is 26.1 Å². The van der Waals surface area contributed by atoms with Crippen molar-refractivity contribution in [3.63, 3.8) is 0 Å². The van der Waals surface area contributed by atoms with Crippen LogP contribution >= 0.6 is 11.6 Å². The molecule has 0 unspecified atom stereocenters. The Labute approximate surface area is 189 Å². The van der Waals surface area contributed by atoms with E-state index in [1.165, 1.54) is 7.11 Å². The Hall–Kier alpha value is -3.14. The third-order valence-electron chi connectivity index (χ3n) is 5.49. The Balaban J connectivity index is 1.56. The molecule has 0 radical (unpaired) electrons. The van der Waals surface area contributed by atoms with Crippen LogP contribution in [0.5, 0.6) is 5.75 Å². The largest absolute Gasteiger partial charge is 0.496 e. The second kappa shape index (κ2) is 9.56. The first-order valence-corrected chi connectivity index (χ1v) is 10.4. The third-order valence-corrected chi connectivity index (χ3v) is 5.79. The average molecular weight is 462 g/mol. The highest BCUT2D eigenvalue weighted by Gasteiger charge is 2.31. The summed E-state index contributed by atoms with van der Waals surface area (Å²) >= 11 is 6.35. The van der Waals surface area contributed by atoms with Gasteiger partial charge >= 0.3 is 0 Å². The average Bonchev–Trinajstić information content (AvgIpc) is 3.27. The summed E-state index contributed by atoms with van der Waals surface area (Å²) in [6.07, 6.45) is 0. The summed E-state index contributed by atoms with van der Waals surface area (Å²) in [5.41, 5.74) is 3.38. The van der Waals surface area contributed by atoms with Gasteiger partial charge in [0, 0.05) is 43.9 Å². The highest BCUT2D eigenvalue weighted by atomic mass is 35.5. The monoisotopic (exact) mass is 461 g/mol. The van der Waals surface area contributed by atoms with Gasteiger partial charge in [-0.15, -0.1) is 0 Å². The molecule has 1 fully saturated rings. The smallest absolute Gasteiger partial charge is 0.259 e. The van der Waals surface area contributed by atoms with E-state index in [1.807, 2.05) is 6.07 Å². The molecule has 0 spiro atoms. The Bertz CT molecular complexity index is 1120. The fraction of sp³-hybridized carbons (Fsp3) is 0.273. The molecule has 2 aromatic carbocycles. The van der Waals surface area contributed by atoms with Crippen LogP contribution in [-0.2, 0) is 6.67 Å². The van der Waals surface area contributed by atoms with Crippen LogP contribution in [0.3, 0.4) is 0 Å². The quantitative estimate of drug-likeness (QED) is 0.433. The lowest BCUT2D eigenvalue weighted by Crippen LogP contribution is -2.73. The lowest BCUT2D eigenvalue weighted by Gasteiger charge is -2.36. The van der Waals surface area contributed by atoms with E-state index in [0.717, 1.165) is 11.2 Å². The molecule has 0 atom stereocenters. The number of aromatic nitrogens is 1. The number of carbonyl (C=O) groups is 1. The summed E-state index contributed by atoms with van der Waals surface area (Å²) < 4.78 is 24.2. The number of benzene rings is 2. The molecule has 3 N–H and O–H groups in total. The molecule has 3 aromatic rings. The van der Waals surface area contributed by atoms with Crippen LogP contribution in [0.2, 0.25) is 5.02 Å². The summed E-state index contributed by atoms with van der Waals surface area (Å²) in [4.78, 5) is 17.1. The van der Waals surface area contributed by atoms with Crippen LogP contribution in [0.1, 0.15) is 16.1 Å². The van der Waals surface area contributed by atoms with E-state index in [1.54, 1.807) is 41.3 Å². The van der Waals surface area contributed by atoms with Crippen molar-refractivity contribution in [1.82, 2.24) is 10.1 Å². The van der Waals surface area contributed by atoms with Crippen molar-refractivity contribution >= 4 is 28.9 Å². The third kappa shape index (κ3) is 4.14. The number of halogens is 2. The molecule has 0 bridgehead atoms. The summed E-state index contributed by atoms with van der Waals surface area (Å²) in [5.74, 6) is 0.0799. The number of para-hydroxylation sites is 1. The molecule has 168 valence electrons. The van der Waals surface area contributed by atoms with Gasteiger partial charge in [0.2, 0.25) is 0 Å². The number of nitrogens with two attached hydrogens (primary N) is 1. The SMILES string of the molecule is COc1ccccc1-c1noc(CF)c1C(=O)N1CCN(c2ccc([NH2+]O)cc2Cl)CC1. The topological polar surface area (TPSA) is 95.7 Å². The Morgan fingerprint density at radius 2 is 2.00 bits per heavy atom. The molecule has 1 aliphatic rings. The first kappa shape index (κ1) is 22.1. The van der Waals surface area contributed by atoms with E-state index < -0.39 is 6.67 Å². The van der Waals surface area contributed by atoms with E-state index >= 15 is 0 Å². The maximum Gasteiger partial charge on any atom is 0.259 e. The summed E-state index contributed by atoms with van der Waals surface area (Å²) in [6, 6.07) is 12.4. The predicted molar refractivity (Wildman–Crippen MR) is 116 cm³/mol. The van der Waals surface area contributed by atoms with Crippen LogP contribution in [-0.4, -0.2) is 54.5 Å². The van der Waals surface area contributed by atoms with Crippen molar-refractivity contribution in [2.75, 3.05) is 38.2 Å². The van der Waals surface area contributed by atoms with Crippen LogP contribution in [0.4, 0.5) is 15.8 Å². The molecule has 10 heteroatoms. The van der Waals surface area contributed by atoms with Crippen molar-refractivity contribution < 1.29 is 29.1 Å². The number of hydrogen-bond donors (Lipinski definition) is 2. The Morgan fingerprint density at radius 1 is 1.25 bits per heavy atom. The van der Waals surface area contributed by atoms with Crippen molar-refractivity contribution in [2.24, 2.45) is 0 Å². The molecule has 1 aliphatic heterocycles. The number of amides is 1. The van der Waals surface area contributed by atoms with Gasteiger partial charge in [0.1, 0.15) is 17.0 Å². The fourth-order valence-electron chi connectivity index (χ4n) is 3.83. The number of methoxy groups -OCH3 is 1. The Morgan fingerprint density at radius 3 is 2.66 bits per heavy atom. The van der Waals surface area contributed by atoms with Gasteiger partial charge in [-0.2, -0.15) is 5.48 Å². The standard InChI is InChI=1S/C22H22ClFN4O4/c1-31-18-5-3-2-4-15(18)21-20(19(13-24)32-26-21)22(29)28-10-8-27(9-11-28)17-7-6-14(25-30)12-16(17)23/h2-7,12,25,30H,8-11,13H2,1H3/p+1. The number of rotatable bonds is 6. The van der Waals surface area contributed by atoms with Gasteiger partial charge in [-0.25, -0.2) is 9.60 Å². The van der Waals surface area contributed by atoms with Crippen molar-refractivity contribution in [2.45, 2.75) is 6.67 Å². The van der Waals surface area contributed by atoms with E-state index in [9.17, 15) is 9.18 Å². The zero-order valence-electron chi connectivity index (χ0n) is 17.4. The van der Waals surface area contributed by atoms with Gasteiger partial charge in [0.05, 0.1) is 17.8 Å². The minimum absolute atomic E-state index is 0.0998. The summed E-state index contributed by atoms with van der Waals surface area (Å²) in [6.45, 7) is 1.01. The summed E-state index contributed by atoms with van der Waals surface area (Å²) in [5, 5.41) is 13.6. The van der Waals surface area contributed by atoms with Gasteiger partial charge in [-0.1, -0.05) is 28.9 Å². The van der Waals surface area contributed by atoms with Crippen LogP contribution in [0.25, 0.3) is 11.3 Å². The number of nitrogens with zero attached hydrogens (tertiary/aromatic N) is 3. The van der Waals surface area contributed by atoms with Crippen molar-refractivity contribution in [1.29, 1.82) is 0 Å². The van der Waals surface area contributed by atoms with Crippen LogP contribution in [0, 0.1) is 0 Å². The number of anilines is 1. The second-order valence-corrected chi connectivity index (χ2v) is 7.69. The molecule has 1 amide bonds. The minimum Gasteiger partial charge on any atom is -0.496 e. The molecule has 1 aromatic heterocycles. The molecule has 4 rings (SSSR count). The second-order valence-electron chi connectivity index (χ2n) is 7.28. The minimum atomic E-state index is -0.937. The molecular formula is C22H23ClFN4O4+. The first-order valence-electron chi connectivity index (χ1n) is 10.1. The molecule has 0 saturated carbocycles. The molecule has 8 nitrogen and oxygen atoms in total. The molecule has 2 heterocycles. The maximum atomic E-state index is 13.6. The van der Waals surface area contributed by atoms with Crippen LogP contribution < -0.4 is 15.1 Å². The summed E-state index contributed by atoms with van der Waals surface area (Å²) in [7, 11) is 1.52. The van der Waals surface area contributed by atoms with E-state index in [2.05, 4.69) is 10.1 Å². The highest BCUT2D eigenvalue weighted by molar-refractivity contribution is 6.33. The van der Waals surface area contributed by atoms with E-state index in [0.29, 0.717) is 48.2 Å². The predicted octanol–water partition coefficient (Wildman–Crippen LogP) is 3.02. The fourth-order valence-corrected chi connectivity index (χ4v) is 4.14. The number of ether oxygens (including phenoxy) is 1. The number of quaternary nitrogens is 1. The van der Waals surface area contributed by atoms with Crippen molar-refractivity contribution in [3.05, 3.63) is 58.8 Å². The van der Waals surface area contributed by atoms with Crippen LogP contribution in [0.15, 0.2) is 47.0 Å². The lowest BCUT2D eigenvalue weighted by molar-refractivity contribution is -0.825. The maximum absolute atomic E-state index is 13.6. The van der Waals surface area contributed by atoms with Gasteiger partial charge in [0.25, 0.3) is 5.91 Å². The lowest BCUT2D eigenvalue weighted by atomic mass is 10.0. The van der Waals surface area contributed by atoms with Gasteiger partial charge in [0.15, 0.2) is 18.1 Å². The van der Waals surface area contributed by atoms with Crippen molar-refractivity contribution in [3.8, 4) is 17.0 Å². The number of alkyl halides is 1. The van der Waals surface area contributed by atoms with E-state index in [-0.39, 0.29) is 22.9 Å². The number of carbonyl (C=O) groups excluding carboxylic acids is 1. The zero-order chi connectivity index (χ0) is 22.7. The molecular weight excluding hydrogens is 439 g/mol. The van der Waals surface area contributed by atoms with Gasteiger partial charge in [-0.3, -0.25) is 4.79 Å². The molecule has 32 heavy (non-hydrogen) atoms. The number of piperazine rings is 1. The normalized spacial score (nSPS) is 14.0. The number of hydrogen-bond acceptors (Lipinski definition) is 6. The van der Waals surface area contributed by atoms with Gasteiger partial charge in [-0.05, 0) is 18.2 Å². The Kier molecular flexibility index (Phi) is 6.59. The van der Waals surface area contributed by atoms with Gasteiger partial charge < -0.3 is 19.1 Å². The molecule has 0 aliphatic carbocycles. The zero-order valence-corrected chi connectivity index (χ0v) is 18.2. The first-order chi connectivity index (χ1) is 15.6.